The molecule has 0 bridgehead atoms. The number of halogens is 1. The fourth-order valence-electron chi connectivity index (χ4n) is 2.78. The molecule has 0 aliphatic carbocycles. The van der Waals surface area contributed by atoms with Crippen LogP contribution in [-0.2, 0) is 9.53 Å². The van der Waals surface area contributed by atoms with Gasteiger partial charge in [0.1, 0.15) is 18.0 Å². The molecule has 2 aromatic rings. The number of aryl methyl sites for hydroxylation is 1. The number of carbonyl (C=O) groups is 2. The summed E-state index contributed by atoms with van der Waals surface area (Å²) in [5.41, 5.74) is 2.24. The molecule has 29 heavy (non-hydrogen) atoms. The molecule has 2 rings (SSSR count). The van der Waals surface area contributed by atoms with Crippen LogP contribution in [0.3, 0.4) is 0 Å². The number of ether oxygens (including phenoxy) is 1. The molecule has 0 spiro atoms. The Morgan fingerprint density at radius 1 is 1.21 bits per heavy atom. The van der Waals surface area contributed by atoms with Crippen molar-refractivity contribution in [3.63, 3.8) is 0 Å². The lowest BCUT2D eigenvalue weighted by atomic mass is 10.0. The number of benzene rings is 1. The second-order valence-corrected chi connectivity index (χ2v) is 7.87. The number of hydrogen-bond donors (Lipinski definition) is 1. The third kappa shape index (κ3) is 6.85. The fourth-order valence-corrected chi connectivity index (χ4v) is 2.78. The van der Waals surface area contributed by atoms with Crippen molar-refractivity contribution in [2.45, 2.75) is 46.6 Å². The number of carbonyl (C=O) groups excluding carboxylic acids is 2. The first-order valence-corrected chi connectivity index (χ1v) is 9.58. The maximum Gasteiger partial charge on any atom is 0.410 e. The van der Waals surface area contributed by atoms with Crippen LogP contribution in [0.5, 0.6) is 0 Å². The van der Waals surface area contributed by atoms with Gasteiger partial charge in [-0.05, 0) is 63.4 Å². The summed E-state index contributed by atoms with van der Waals surface area (Å²) in [7, 11) is 0. The summed E-state index contributed by atoms with van der Waals surface area (Å²) in [4.78, 5) is 30.1. The Balaban J connectivity index is 2.13. The van der Waals surface area contributed by atoms with Crippen LogP contribution in [0.4, 0.5) is 14.9 Å². The number of amides is 2. The molecule has 0 radical (unpaired) electrons. The Kier molecular flexibility index (Phi) is 7.31. The highest BCUT2D eigenvalue weighted by Crippen LogP contribution is 2.26. The summed E-state index contributed by atoms with van der Waals surface area (Å²) in [5.74, 6) is -0.764. The van der Waals surface area contributed by atoms with E-state index in [0.717, 1.165) is 17.3 Å². The molecule has 7 heteroatoms. The number of nitrogens with one attached hydrogen (secondary N) is 1. The topological polar surface area (TPSA) is 71.5 Å². The lowest BCUT2D eigenvalue weighted by Crippen LogP contribution is -2.41. The van der Waals surface area contributed by atoms with Crippen LogP contribution in [0.2, 0.25) is 0 Å². The minimum absolute atomic E-state index is 0.118. The second-order valence-electron chi connectivity index (χ2n) is 7.87. The minimum atomic E-state index is -0.635. The number of rotatable bonds is 6. The van der Waals surface area contributed by atoms with E-state index in [1.807, 2.05) is 19.9 Å². The van der Waals surface area contributed by atoms with Crippen molar-refractivity contribution in [2.24, 2.45) is 0 Å². The summed E-state index contributed by atoms with van der Waals surface area (Å²) in [5, 5.41) is 2.80. The quantitative estimate of drug-likeness (QED) is 0.756. The van der Waals surface area contributed by atoms with Gasteiger partial charge in [-0.2, -0.15) is 0 Å². The molecule has 0 aliphatic rings. The molecule has 0 fully saturated rings. The second kappa shape index (κ2) is 9.49. The van der Waals surface area contributed by atoms with Crippen molar-refractivity contribution in [3.8, 4) is 11.1 Å². The van der Waals surface area contributed by atoms with Gasteiger partial charge in [0, 0.05) is 24.0 Å². The Labute approximate surface area is 171 Å². The smallest absolute Gasteiger partial charge is 0.410 e. The number of nitrogens with zero attached hydrogens (tertiary/aromatic N) is 2. The third-order valence-corrected chi connectivity index (χ3v) is 4.02. The highest BCUT2D eigenvalue weighted by Gasteiger charge is 2.23. The Morgan fingerprint density at radius 3 is 2.55 bits per heavy atom. The van der Waals surface area contributed by atoms with Crippen molar-refractivity contribution >= 4 is 17.7 Å². The summed E-state index contributed by atoms with van der Waals surface area (Å²) in [6, 6.07) is 6.77. The fraction of sp³-hybridized carbons (Fsp3) is 0.409. The van der Waals surface area contributed by atoms with E-state index < -0.39 is 17.5 Å². The summed E-state index contributed by atoms with van der Waals surface area (Å²) < 4.78 is 18.9. The summed E-state index contributed by atoms with van der Waals surface area (Å²) in [6.45, 7) is 9.47. The number of aromatic nitrogens is 1. The van der Waals surface area contributed by atoms with Gasteiger partial charge in [0.25, 0.3) is 0 Å². The van der Waals surface area contributed by atoms with E-state index in [-0.39, 0.29) is 12.5 Å². The Hall–Kier alpha value is -2.96. The van der Waals surface area contributed by atoms with Gasteiger partial charge < -0.3 is 10.1 Å². The van der Waals surface area contributed by atoms with Crippen LogP contribution in [0.1, 0.15) is 39.7 Å². The van der Waals surface area contributed by atoms with Crippen molar-refractivity contribution in [1.29, 1.82) is 0 Å². The Morgan fingerprint density at radius 2 is 1.93 bits per heavy atom. The lowest BCUT2D eigenvalue weighted by Gasteiger charge is -2.26. The van der Waals surface area contributed by atoms with Gasteiger partial charge >= 0.3 is 6.09 Å². The predicted octanol–water partition coefficient (Wildman–Crippen LogP) is 4.78. The van der Waals surface area contributed by atoms with E-state index in [0.29, 0.717) is 24.2 Å². The van der Waals surface area contributed by atoms with E-state index in [4.69, 9.17) is 4.74 Å². The maximum atomic E-state index is 13.5. The van der Waals surface area contributed by atoms with Gasteiger partial charge in [-0.15, -0.1) is 0 Å². The number of hydrogen-bond acceptors (Lipinski definition) is 4. The van der Waals surface area contributed by atoms with E-state index in [2.05, 4.69) is 10.3 Å². The van der Waals surface area contributed by atoms with Gasteiger partial charge in [0.2, 0.25) is 5.91 Å². The molecule has 6 nitrogen and oxygen atoms in total. The van der Waals surface area contributed by atoms with Crippen LogP contribution in [0.25, 0.3) is 11.1 Å². The first kappa shape index (κ1) is 22.3. The van der Waals surface area contributed by atoms with Gasteiger partial charge in [0.05, 0.1) is 6.20 Å². The molecule has 1 aromatic heterocycles. The first-order chi connectivity index (χ1) is 13.6. The van der Waals surface area contributed by atoms with Gasteiger partial charge in [-0.3, -0.25) is 14.7 Å². The summed E-state index contributed by atoms with van der Waals surface area (Å²) >= 11 is 0. The highest BCUT2D eigenvalue weighted by atomic mass is 19.1. The molecular formula is C22H28FN3O3. The average Bonchev–Trinajstić information content (AvgIpc) is 2.61. The normalized spacial score (nSPS) is 11.1. The molecule has 1 heterocycles. The molecule has 1 N–H and O–H groups in total. The van der Waals surface area contributed by atoms with Crippen molar-refractivity contribution < 1.29 is 18.7 Å². The molecule has 156 valence electrons. The van der Waals surface area contributed by atoms with Crippen LogP contribution in [0, 0.1) is 12.7 Å². The third-order valence-electron chi connectivity index (χ3n) is 4.02. The van der Waals surface area contributed by atoms with E-state index in [1.165, 1.54) is 11.0 Å². The van der Waals surface area contributed by atoms with E-state index in [9.17, 15) is 14.0 Å². The van der Waals surface area contributed by atoms with Crippen LogP contribution in [0.15, 0.2) is 36.7 Å². The highest BCUT2D eigenvalue weighted by molar-refractivity contribution is 5.94. The zero-order valence-corrected chi connectivity index (χ0v) is 17.6. The van der Waals surface area contributed by atoms with Gasteiger partial charge in [-0.25, -0.2) is 9.18 Å². The zero-order valence-electron chi connectivity index (χ0n) is 17.6. The largest absolute Gasteiger partial charge is 0.444 e. The lowest BCUT2D eigenvalue weighted by molar-refractivity contribution is -0.117. The van der Waals surface area contributed by atoms with Crippen LogP contribution in [-0.4, -0.2) is 40.6 Å². The zero-order chi connectivity index (χ0) is 21.6. The molecule has 0 atom stereocenters. The van der Waals surface area contributed by atoms with Gasteiger partial charge in [0.15, 0.2) is 0 Å². The van der Waals surface area contributed by atoms with Crippen LogP contribution >= 0.6 is 0 Å². The number of anilines is 1. The molecular weight excluding hydrogens is 373 g/mol. The van der Waals surface area contributed by atoms with Crippen molar-refractivity contribution in [3.05, 3.63) is 48.0 Å². The van der Waals surface area contributed by atoms with E-state index in [1.54, 1.807) is 39.1 Å². The van der Waals surface area contributed by atoms with Gasteiger partial charge in [-0.1, -0.05) is 13.0 Å². The molecule has 2 amide bonds. The minimum Gasteiger partial charge on any atom is -0.444 e. The van der Waals surface area contributed by atoms with Crippen molar-refractivity contribution in [2.75, 3.05) is 18.4 Å². The average molecular weight is 401 g/mol. The Bertz CT molecular complexity index is 878. The molecule has 1 aromatic carbocycles. The number of pyridine rings is 1. The molecule has 0 unspecified atom stereocenters. The molecule has 0 aliphatic heterocycles. The predicted molar refractivity (Wildman–Crippen MR) is 111 cm³/mol. The first-order valence-electron chi connectivity index (χ1n) is 9.58. The maximum absolute atomic E-state index is 13.5. The summed E-state index contributed by atoms with van der Waals surface area (Å²) in [6.07, 6.45) is 2.89. The van der Waals surface area contributed by atoms with Crippen molar-refractivity contribution in [1.82, 2.24) is 9.88 Å². The standard InChI is InChI=1S/C22H28FN3O3/c1-6-9-26(21(28)29-22(3,4)5)14-20(27)25-18-8-7-15(2)19(11-18)16-10-17(23)13-24-12-16/h7-8,10-13H,6,9,14H2,1-5H3,(H,25,27). The molecule has 0 saturated heterocycles. The van der Waals surface area contributed by atoms with Crippen LogP contribution < -0.4 is 5.32 Å². The molecule has 0 saturated carbocycles. The van der Waals surface area contributed by atoms with E-state index >= 15 is 0 Å². The monoisotopic (exact) mass is 401 g/mol. The SMILES string of the molecule is CCCN(CC(=O)Nc1ccc(C)c(-c2cncc(F)c2)c1)C(=O)OC(C)(C)C.